The first kappa shape index (κ1) is 45.0. The number of hydrogen-bond donors (Lipinski definition) is 1. The number of halogens is 3. The molecule has 6 aromatic rings. The number of nitrogens with zero attached hydrogens (tertiary/aromatic N) is 6. The van der Waals surface area contributed by atoms with Gasteiger partial charge in [-0.15, -0.1) is 28.4 Å². The Morgan fingerprint density at radius 1 is 0.772 bits per heavy atom. The van der Waals surface area contributed by atoms with Gasteiger partial charge in [0.25, 0.3) is 19.4 Å². The zero-order valence-corrected chi connectivity index (χ0v) is 32.7. The number of allylic oxidation sites excluding steroid dienone is 1. The monoisotopic (exact) mass is 918 g/mol. The van der Waals surface area contributed by atoms with Crippen LogP contribution in [0, 0.1) is 5.41 Å². The molecule has 14 nitrogen and oxygen atoms in total. The standard InChI is InChI=1S/C18H11N3O6.C17H12F3N4S2.CNS.Ru/c22-9-25-12-1-3-19-15(5-12)17-7-14(27-11-24)8-18(21-17)16-6-13(26-10-23)2-4-20-16;18-17(19,20)14(22)10-12(21)13-9-11(5-6-23-13)24(15-3-1-7-25-15)16-4-2-8-26-16;2-1-3;/h1-11H;1-10,21-22H;;/q;2*-1;+2/b;12-10-,22-14?;;. The van der Waals surface area contributed by atoms with E-state index in [2.05, 4.69) is 32.2 Å². The summed E-state index contributed by atoms with van der Waals surface area (Å²) >= 11 is 6.74. The molecule has 0 bridgehead atoms. The van der Waals surface area contributed by atoms with Gasteiger partial charge in [0.15, 0.2) is 0 Å². The third kappa shape index (κ3) is 13.1. The number of ether oxygens (including phenoxy) is 3. The maximum Gasteiger partial charge on any atom is 2.00 e. The molecular formula is C36H23F3N8O6RuS3. The average molecular weight is 918 g/mol. The van der Waals surface area contributed by atoms with Crippen LogP contribution in [0.4, 0.5) is 28.9 Å². The Morgan fingerprint density at radius 2 is 1.23 bits per heavy atom. The number of thiophene rings is 2. The third-order valence-electron chi connectivity index (χ3n) is 6.66. The molecule has 21 heteroatoms. The zero-order valence-electron chi connectivity index (χ0n) is 28.5. The molecule has 290 valence electrons. The molecule has 0 aromatic carbocycles. The van der Waals surface area contributed by atoms with Gasteiger partial charge in [-0.2, -0.15) is 18.3 Å². The van der Waals surface area contributed by atoms with Crippen LogP contribution in [0.25, 0.3) is 39.6 Å². The van der Waals surface area contributed by atoms with Gasteiger partial charge in [0.05, 0.1) is 28.5 Å². The normalized spacial score (nSPS) is 10.4. The van der Waals surface area contributed by atoms with Crippen molar-refractivity contribution >= 4 is 86.6 Å². The molecule has 0 unspecified atom stereocenters. The Labute approximate surface area is 347 Å². The van der Waals surface area contributed by atoms with Crippen molar-refractivity contribution in [1.82, 2.24) is 19.9 Å². The topological polar surface area (TPSA) is 204 Å². The van der Waals surface area contributed by atoms with Gasteiger partial charge in [-0.3, -0.25) is 39.6 Å². The molecule has 0 amide bonds. The van der Waals surface area contributed by atoms with E-state index in [1.54, 1.807) is 12.1 Å². The van der Waals surface area contributed by atoms with Crippen LogP contribution in [0.15, 0.2) is 108 Å². The fraction of sp³-hybridized carbons (Fsp3) is 0.0278. The Morgan fingerprint density at radius 3 is 1.67 bits per heavy atom. The number of pyridine rings is 4. The number of anilines is 3. The molecule has 0 radical (unpaired) electrons. The fourth-order valence-electron chi connectivity index (χ4n) is 4.41. The van der Waals surface area contributed by atoms with E-state index < -0.39 is 17.6 Å². The summed E-state index contributed by atoms with van der Waals surface area (Å²) in [7, 11) is 0. The molecule has 0 atom stereocenters. The third-order valence-corrected chi connectivity index (χ3v) is 8.37. The zero-order chi connectivity index (χ0) is 40.5. The first-order valence-electron chi connectivity index (χ1n) is 15.2. The first-order chi connectivity index (χ1) is 27.0. The summed E-state index contributed by atoms with van der Waals surface area (Å²) in [6, 6.07) is 20.0. The molecule has 6 aromatic heterocycles. The molecule has 2 N–H and O–H groups in total. The number of isothiocyanates is 1. The molecule has 57 heavy (non-hydrogen) atoms. The Balaban J connectivity index is 0.000000281. The predicted molar refractivity (Wildman–Crippen MR) is 207 cm³/mol. The van der Waals surface area contributed by atoms with Crippen LogP contribution < -0.4 is 19.1 Å². The van der Waals surface area contributed by atoms with Gasteiger partial charge in [-0.05, 0) is 65.4 Å². The number of alkyl halides is 3. The van der Waals surface area contributed by atoms with Gasteiger partial charge >= 0.3 is 25.7 Å². The summed E-state index contributed by atoms with van der Waals surface area (Å²) in [6.45, 7) is 0.875. The van der Waals surface area contributed by atoms with E-state index in [1.807, 2.05) is 39.9 Å². The van der Waals surface area contributed by atoms with E-state index in [9.17, 15) is 27.6 Å². The second-order valence-electron chi connectivity index (χ2n) is 10.2. The van der Waals surface area contributed by atoms with Gasteiger partial charge in [0, 0.05) is 48.5 Å². The largest absolute Gasteiger partial charge is 2.00 e. The van der Waals surface area contributed by atoms with Gasteiger partial charge < -0.3 is 25.4 Å². The maximum absolute atomic E-state index is 12.5. The van der Waals surface area contributed by atoms with Crippen molar-refractivity contribution in [2.45, 2.75) is 6.18 Å². The maximum atomic E-state index is 12.5. The number of nitrogens with one attached hydrogen (secondary N) is 2. The van der Waals surface area contributed by atoms with Crippen LogP contribution in [-0.4, -0.2) is 56.4 Å². The summed E-state index contributed by atoms with van der Waals surface area (Å²) in [5.41, 5.74) is 8.02. The average Bonchev–Trinajstić information content (AvgIpc) is 3.92. The van der Waals surface area contributed by atoms with Crippen LogP contribution in [0.5, 0.6) is 17.2 Å². The molecule has 0 saturated carbocycles. The SMILES string of the molecule is N=C(/C=C(\[NH-])c1cc(N(c2cccs2)c2cccs2)ccn1)C(F)(F)F.O=COc1ccnc(-c2cc(OC=O)cc(-c3cc(OC=O)ccn3)n2)c1.[N-]=C=S.[Ru+2]. The summed E-state index contributed by atoms with van der Waals surface area (Å²) < 4.78 is 52.1. The van der Waals surface area contributed by atoms with Crippen LogP contribution in [0.2, 0.25) is 0 Å². The smallest absolute Gasteiger partial charge is 0.753 e. The van der Waals surface area contributed by atoms with Crippen molar-refractivity contribution in [3.8, 4) is 40.0 Å². The van der Waals surface area contributed by atoms with Crippen molar-refractivity contribution in [3.05, 3.63) is 125 Å². The number of thiocarbonyl (C=S) groups is 1. The van der Waals surface area contributed by atoms with E-state index in [1.165, 1.54) is 82.8 Å². The number of carbonyl (C=O) groups is 3. The minimum absolute atomic E-state index is 0. The molecule has 0 aliphatic carbocycles. The van der Waals surface area contributed by atoms with E-state index in [4.69, 9.17) is 30.8 Å². The van der Waals surface area contributed by atoms with Crippen LogP contribution >= 0.6 is 34.9 Å². The van der Waals surface area contributed by atoms with Crippen molar-refractivity contribution in [2.75, 3.05) is 4.90 Å². The second kappa shape index (κ2) is 22.3. The predicted octanol–water partition coefficient (Wildman–Crippen LogP) is 9.12. The molecule has 0 saturated heterocycles. The molecule has 6 heterocycles. The molecular weight excluding hydrogens is 895 g/mol. The van der Waals surface area contributed by atoms with Crippen LogP contribution in [-0.2, 0) is 33.9 Å². The molecule has 0 spiro atoms. The van der Waals surface area contributed by atoms with Crippen LogP contribution in [0.1, 0.15) is 5.69 Å². The van der Waals surface area contributed by atoms with Gasteiger partial charge in [-0.25, -0.2) is 4.98 Å². The Hall–Kier alpha value is -6.37. The summed E-state index contributed by atoms with van der Waals surface area (Å²) in [4.78, 5) is 50.5. The molecule has 0 aliphatic rings. The first-order valence-corrected chi connectivity index (χ1v) is 17.4. The molecule has 0 aliphatic heterocycles. The van der Waals surface area contributed by atoms with E-state index in [0.717, 1.165) is 10.0 Å². The van der Waals surface area contributed by atoms with Crippen molar-refractivity contribution in [2.24, 2.45) is 0 Å². The van der Waals surface area contributed by atoms with E-state index in [-0.39, 0.29) is 48.9 Å². The number of aromatic nitrogens is 4. The number of hydrogen-bond acceptors (Lipinski definition) is 15. The van der Waals surface area contributed by atoms with Crippen LogP contribution in [0.3, 0.4) is 0 Å². The Bertz CT molecular complexity index is 2240. The number of rotatable bonds is 13. The molecule has 6 rings (SSSR count). The Kier molecular flexibility index (Phi) is 17.6. The van der Waals surface area contributed by atoms with Crippen molar-refractivity contribution < 1.29 is 61.2 Å². The fourth-order valence-corrected chi connectivity index (χ4v) is 6.00. The quantitative estimate of drug-likeness (QED) is 0.0499. The number of carbonyl (C=O) groups excluding carboxylic acids is 3. The van der Waals surface area contributed by atoms with Gasteiger partial charge in [-0.1, -0.05) is 12.2 Å². The van der Waals surface area contributed by atoms with E-state index >= 15 is 0 Å². The minimum Gasteiger partial charge on any atom is -0.753 e. The second-order valence-corrected chi connectivity index (χ2v) is 12.2. The summed E-state index contributed by atoms with van der Waals surface area (Å²) in [6.07, 6.45) is 0.00816. The van der Waals surface area contributed by atoms with E-state index in [0.29, 0.717) is 47.5 Å². The summed E-state index contributed by atoms with van der Waals surface area (Å²) in [5.74, 6) is 0.760. The van der Waals surface area contributed by atoms with Crippen molar-refractivity contribution in [1.29, 1.82) is 5.41 Å². The van der Waals surface area contributed by atoms with Crippen molar-refractivity contribution in [3.63, 3.8) is 0 Å². The summed E-state index contributed by atoms with van der Waals surface area (Å²) in [5, 5.41) is 21.2. The molecule has 0 fully saturated rings. The van der Waals surface area contributed by atoms with Gasteiger partial charge in [0.1, 0.15) is 33.0 Å². The van der Waals surface area contributed by atoms with Gasteiger partial charge in [0.2, 0.25) is 0 Å². The minimum atomic E-state index is -4.79.